The average Bonchev–Trinajstić information content (AvgIpc) is 2.78. The maximum absolute atomic E-state index is 11.4. The molecule has 17 heavy (non-hydrogen) atoms. The van der Waals surface area contributed by atoms with Gasteiger partial charge in [-0.2, -0.15) is 0 Å². The third-order valence-corrected chi connectivity index (χ3v) is 3.92. The molecule has 1 N–H and O–H groups in total. The Hall–Kier alpha value is -0.610. The molecule has 0 aromatic heterocycles. The molecule has 1 aliphatic rings. The summed E-state index contributed by atoms with van der Waals surface area (Å²) in [5.74, 6) is -0.679. The first-order chi connectivity index (χ1) is 8.04. The first kappa shape index (κ1) is 14.5. The van der Waals surface area contributed by atoms with Crippen LogP contribution in [0.2, 0.25) is 0 Å². The summed E-state index contributed by atoms with van der Waals surface area (Å²) in [4.78, 5) is 13.5. The van der Waals surface area contributed by atoms with Gasteiger partial charge in [0.1, 0.15) is 0 Å². The number of hydrogen-bond donors (Lipinski definition) is 1. The van der Waals surface area contributed by atoms with Gasteiger partial charge in [-0.3, -0.25) is 4.79 Å². The molecule has 0 saturated carbocycles. The quantitative estimate of drug-likeness (QED) is 0.743. The van der Waals surface area contributed by atoms with E-state index in [1.807, 2.05) is 20.9 Å². The zero-order valence-corrected chi connectivity index (χ0v) is 11.2. The lowest BCUT2D eigenvalue weighted by molar-refractivity contribution is -0.150. The van der Waals surface area contributed by atoms with E-state index in [1.54, 1.807) is 0 Å². The van der Waals surface area contributed by atoms with Crippen LogP contribution in [-0.4, -0.2) is 48.8 Å². The summed E-state index contributed by atoms with van der Waals surface area (Å²) in [5.41, 5.74) is -0.604. The van der Waals surface area contributed by atoms with Gasteiger partial charge in [0.25, 0.3) is 0 Å². The Balaban J connectivity index is 2.51. The Labute approximate surface area is 104 Å². The molecule has 1 unspecified atom stereocenters. The highest BCUT2D eigenvalue weighted by atomic mass is 16.5. The maximum Gasteiger partial charge on any atom is 0.310 e. The van der Waals surface area contributed by atoms with Crippen molar-refractivity contribution in [1.29, 1.82) is 0 Å². The van der Waals surface area contributed by atoms with Crippen LogP contribution in [0, 0.1) is 5.41 Å². The van der Waals surface area contributed by atoms with Crippen LogP contribution in [-0.2, 0) is 9.53 Å². The van der Waals surface area contributed by atoms with Crippen molar-refractivity contribution in [2.75, 3.05) is 26.7 Å². The number of carbonyl (C=O) groups is 1. The second-order valence-electron chi connectivity index (χ2n) is 5.12. The minimum Gasteiger partial charge on any atom is -0.481 e. The molecule has 0 bridgehead atoms. The molecule has 1 aliphatic heterocycles. The molecular formula is C13H25NO3. The molecule has 1 fully saturated rings. The van der Waals surface area contributed by atoms with Crippen molar-refractivity contribution in [3.05, 3.63) is 0 Å². The van der Waals surface area contributed by atoms with E-state index in [1.165, 1.54) is 0 Å². The smallest absolute Gasteiger partial charge is 0.310 e. The fourth-order valence-corrected chi connectivity index (χ4v) is 2.56. The molecule has 1 rings (SSSR count). The fourth-order valence-electron chi connectivity index (χ4n) is 2.56. The van der Waals surface area contributed by atoms with Crippen molar-refractivity contribution in [2.45, 2.75) is 45.6 Å². The summed E-state index contributed by atoms with van der Waals surface area (Å²) in [7, 11) is 1.99. The SMILES string of the molecule is CCC(CC)(CN(C)CC1CCCO1)C(=O)O. The van der Waals surface area contributed by atoms with Gasteiger partial charge in [-0.1, -0.05) is 13.8 Å². The lowest BCUT2D eigenvalue weighted by atomic mass is 9.82. The summed E-state index contributed by atoms with van der Waals surface area (Å²) in [6.07, 6.45) is 3.87. The van der Waals surface area contributed by atoms with E-state index < -0.39 is 11.4 Å². The molecule has 100 valence electrons. The largest absolute Gasteiger partial charge is 0.481 e. The molecule has 1 atom stereocenters. The maximum atomic E-state index is 11.4. The summed E-state index contributed by atoms with van der Waals surface area (Å²) in [6, 6.07) is 0. The molecule has 0 radical (unpaired) electrons. The van der Waals surface area contributed by atoms with Gasteiger partial charge in [0, 0.05) is 19.7 Å². The van der Waals surface area contributed by atoms with Gasteiger partial charge in [-0.05, 0) is 32.7 Å². The normalized spacial score (nSPS) is 21.1. The molecule has 4 heteroatoms. The van der Waals surface area contributed by atoms with Crippen molar-refractivity contribution in [3.8, 4) is 0 Å². The number of carboxylic acid groups (broad SMARTS) is 1. The van der Waals surface area contributed by atoms with Crippen molar-refractivity contribution < 1.29 is 14.6 Å². The second kappa shape index (κ2) is 6.36. The highest BCUT2D eigenvalue weighted by Gasteiger charge is 2.36. The number of nitrogens with zero attached hydrogens (tertiary/aromatic N) is 1. The van der Waals surface area contributed by atoms with E-state index >= 15 is 0 Å². The molecule has 1 saturated heterocycles. The van der Waals surface area contributed by atoms with Crippen LogP contribution in [0.5, 0.6) is 0 Å². The molecule has 4 nitrogen and oxygen atoms in total. The monoisotopic (exact) mass is 243 g/mol. The number of likely N-dealkylation sites (N-methyl/N-ethyl adjacent to an activating group) is 1. The first-order valence-corrected chi connectivity index (χ1v) is 6.57. The van der Waals surface area contributed by atoms with E-state index in [-0.39, 0.29) is 0 Å². The lowest BCUT2D eigenvalue weighted by Crippen LogP contribution is -2.43. The van der Waals surface area contributed by atoms with Crippen molar-refractivity contribution in [3.63, 3.8) is 0 Å². The third-order valence-electron chi connectivity index (χ3n) is 3.92. The van der Waals surface area contributed by atoms with E-state index in [0.29, 0.717) is 25.5 Å². The zero-order chi connectivity index (χ0) is 12.9. The zero-order valence-electron chi connectivity index (χ0n) is 11.2. The van der Waals surface area contributed by atoms with Gasteiger partial charge in [-0.25, -0.2) is 0 Å². The number of hydrogen-bond acceptors (Lipinski definition) is 3. The molecule has 0 amide bonds. The Kier molecular flexibility index (Phi) is 5.40. The van der Waals surface area contributed by atoms with Crippen LogP contribution < -0.4 is 0 Å². The van der Waals surface area contributed by atoms with Crippen LogP contribution in [0.25, 0.3) is 0 Å². The average molecular weight is 243 g/mol. The first-order valence-electron chi connectivity index (χ1n) is 6.57. The highest BCUT2D eigenvalue weighted by Crippen LogP contribution is 2.28. The van der Waals surface area contributed by atoms with E-state index in [4.69, 9.17) is 4.74 Å². The molecule has 0 aromatic carbocycles. The summed E-state index contributed by atoms with van der Waals surface area (Å²) >= 11 is 0. The molecule has 0 aliphatic carbocycles. The summed E-state index contributed by atoms with van der Waals surface area (Å²) < 4.78 is 5.58. The second-order valence-corrected chi connectivity index (χ2v) is 5.12. The fraction of sp³-hybridized carbons (Fsp3) is 0.923. The Bertz CT molecular complexity index is 245. The van der Waals surface area contributed by atoms with Gasteiger partial charge >= 0.3 is 5.97 Å². The predicted molar refractivity (Wildman–Crippen MR) is 67.1 cm³/mol. The highest BCUT2D eigenvalue weighted by molar-refractivity contribution is 5.74. The predicted octanol–water partition coefficient (Wildman–Crippen LogP) is 1.99. The van der Waals surface area contributed by atoms with Crippen LogP contribution >= 0.6 is 0 Å². The number of carboxylic acids is 1. The van der Waals surface area contributed by atoms with E-state index in [0.717, 1.165) is 26.0 Å². The van der Waals surface area contributed by atoms with E-state index in [2.05, 4.69) is 4.90 Å². The number of ether oxygens (including phenoxy) is 1. The van der Waals surface area contributed by atoms with E-state index in [9.17, 15) is 9.90 Å². The summed E-state index contributed by atoms with van der Waals surface area (Å²) in [6.45, 7) is 6.21. The van der Waals surface area contributed by atoms with Gasteiger partial charge < -0.3 is 14.7 Å². The van der Waals surface area contributed by atoms with Crippen molar-refractivity contribution in [1.82, 2.24) is 4.90 Å². The third kappa shape index (κ3) is 3.68. The standard InChI is InChI=1S/C13H25NO3/c1-4-13(5-2,12(15)16)10-14(3)9-11-7-6-8-17-11/h11H,4-10H2,1-3H3,(H,15,16). The molecule has 1 heterocycles. The minimum absolute atomic E-state index is 0.292. The van der Waals surface area contributed by atoms with Crippen LogP contribution in [0.15, 0.2) is 0 Å². The Morgan fingerprint density at radius 1 is 1.47 bits per heavy atom. The number of aliphatic carboxylic acids is 1. The Morgan fingerprint density at radius 3 is 2.53 bits per heavy atom. The van der Waals surface area contributed by atoms with Gasteiger partial charge in [0.15, 0.2) is 0 Å². The van der Waals surface area contributed by atoms with Crippen LogP contribution in [0.1, 0.15) is 39.5 Å². The van der Waals surface area contributed by atoms with Gasteiger partial charge in [-0.15, -0.1) is 0 Å². The van der Waals surface area contributed by atoms with Crippen molar-refractivity contribution >= 4 is 5.97 Å². The Morgan fingerprint density at radius 2 is 2.12 bits per heavy atom. The summed E-state index contributed by atoms with van der Waals surface area (Å²) in [5, 5.41) is 9.38. The van der Waals surface area contributed by atoms with Crippen LogP contribution in [0.4, 0.5) is 0 Å². The topological polar surface area (TPSA) is 49.8 Å². The van der Waals surface area contributed by atoms with Gasteiger partial charge in [0.2, 0.25) is 0 Å². The minimum atomic E-state index is -0.679. The van der Waals surface area contributed by atoms with Gasteiger partial charge in [0.05, 0.1) is 11.5 Å². The number of rotatable bonds is 7. The molecule has 0 aromatic rings. The molecular weight excluding hydrogens is 218 g/mol. The lowest BCUT2D eigenvalue weighted by Gasteiger charge is -2.32. The van der Waals surface area contributed by atoms with Crippen LogP contribution in [0.3, 0.4) is 0 Å². The molecule has 0 spiro atoms. The van der Waals surface area contributed by atoms with Crippen molar-refractivity contribution in [2.24, 2.45) is 5.41 Å².